The minimum absolute atomic E-state index is 0.389. The molecule has 0 saturated carbocycles. The number of rotatable bonds is 4. The second-order valence-electron chi connectivity index (χ2n) is 2.63. The summed E-state index contributed by atoms with van der Waals surface area (Å²) in [4.78, 5) is 11.3. The van der Waals surface area contributed by atoms with Crippen molar-refractivity contribution in [3.05, 3.63) is 11.6 Å². The van der Waals surface area contributed by atoms with Crippen LogP contribution in [0.1, 0.15) is 13.8 Å². The van der Waals surface area contributed by atoms with Crippen LogP contribution >= 0.6 is 0 Å². The van der Waals surface area contributed by atoms with Gasteiger partial charge in [-0.2, -0.15) is 0 Å². The molecule has 0 amide bonds. The molecule has 0 aliphatic heterocycles. The van der Waals surface area contributed by atoms with Gasteiger partial charge in [-0.25, -0.2) is 4.79 Å². The Morgan fingerprint density at radius 1 is 1.31 bits per heavy atom. The second kappa shape index (κ2) is 5.16. The maximum atomic E-state index is 11.3. The van der Waals surface area contributed by atoms with E-state index in [2.05, 4.69) is 0 Å². The highest BCUT2D eigenvalue weighted by molar-refractivity contribution is 6.61. The number of carbonyl (C=O) groups is 1. The molecule has 0 aromatic heterocycles. The Balaban J connectivity index is 4.34. The van der Waals surface area contributed by atoms with Gasteiger partial charge in [0, 0.05) is 26.3 Å². The van der Waals surface area contributed by atoms with Crippen LogP contribution in [-0.2, 0) is 18.1 Å². The zero-order chi connectivity index (χ0) is 10.5. The molecular formula is C8H16O4Si. The van der Waals surface area contributed by atoms with Gasteiger partial charge in [-0.15, -0.1) is 0 Å². The monoisotopic (exact) mass is 204 g/mol. The van der Waals surface area contributed by atoms with E-state index in [9.17, 15) is 4.79 Å². The first-order chi connectivity index (χ1) is 5.99. The Morgan fingerprint density at radius 2 is 1.77 bits per heavy atom. The van der Waals surface area contributed by atoms with Crippen LogP contribution in [0.5, 0.6) is 0 Å². The van der Waals surface area contributed by atoms with Crippen molar-refractivity contribution < 1.29 is 18.1 Å². The fourth-order valence-corrected chi connectivity index (χ4v) is 1.36. The van der Waals surface area contributed by atoms with Crippen molar-refractivity contribution in [3.8, 4) is 0 Å². The summed E-state index contributed by atoms with van der Waals surface area (Å²) in [5.74, 6) is -0.389. The zero-order valence-electron chi connectivity index (χ0n) is 8.71. The lowest BCUT2D eigenvalue weighted by atomic mass is 10.3. The molecule has 0 rings (SSSR count). The molecule has 0 fully saturated rings. The summed E-state index contributed by atoms with van der Waals surface area (Å²) >= 11 is 0. The minimum Gasteiger partial charge on any atom is -0.470 e. The summed E-state index contributed by atoms with van der Waals surface area (Å²) in [6, 6.07) is 0. The van der Waals surface area contributed by atoms with Gasteiger partial charge in [0.2, 0.25) is 0 Å². The largest absolute Gasteiger partial charge is 0.564 e. The molecule has 0 aromatic carbocycles. The van der Waals surface area contributed by atoms with Crippen molar-refractivity contribution in [2.75, 3.05) is 14.2 Å². The highest BCUT2D eigenvalue weighted by Gasteiger charge is 2.36. The van der Waals surface area contributed by atoms with Crippen LogP contribution in [0, 0.1) is 0 Å². The van der Waals surface area contributed by atoms with E-state index in [-0.39, 0.29) is 5.97 Å². The molecule has 0 aliphatic rings. The normalized spacial score (nSPS) is 12.8. The van der Waals surface area contributed by atoms with Crippen LogP contribution in [-0.4, -0.2) is 29.0 Å². The summed E-state index contributed by atoms with van der Waals surface area (Å²) in [5, 5.41) is 0. The number of hydrogen-bond acceptors (Lipinski definition) is 4. The van der Waals surface area contributed by atoms with Gasteiger partial charge < -0.3 is 13.3 Å². The number of allylic oxidation sites excluding steroid dienone is 1. The van der Waals surface area contributed by atoms with Gasteiger partial charge in [-0.3, -0.25) is 0 Å². The predicted octanol–water partition coefficient (Wildman–Crippen LogP) is 1.36. The number of carbonyl (C=O) groups excluding carboxylic acids is 1. The van der Waals surface area contributed by atoms with E-state index in [1.54, 1.807) is 26.5 Å². The highest BCUT2D eigenvalue weighted by Crippen LogP contribution is 2.09. The van der Waals surface area contributed by atoms with Gasteiger partial charge in [-0.1, -0.05) is 6.08 Å². The van der Waals surface area contributed by atoms with E-state index in [0.717, 1.165) is 0 Å². The lowest BCUT2D eigenvalue weighted by Crippen LogP contribution is -2.42. The molecule has 76 valence electrons. The minimum atomic E-state index is -2.73. The van der Waals surface area contributed by atoms with Crippen molar-refractivity contribution in [3.63, 3.8) is 0 Å². The molecule has 0 spiro atoms. The first kappa shape index (κ1) is 12.3. The maximum absolute atomic E-state index is 11.3. The van der Waals surface area contributed by atoms with Gasteiger partial charge >= 0.3 is 14.8 Å². The van der Waals surface area contributed by atoms with E-state index in [1.807, 2.05) is 0 Å². The van der Waals surface area contributed by atoms with Gasteiger partial charge in [-0.05, 0) is 13.8 Å². The van der Waals surface area contributed by atoms with Gasteiger partial charge in [0.1, 0.15) is 0 Å². The quantitative estimate of drug-likeness (QED) is 0.512. The van der Waals surface area contributed by atoms with Crippen molar-refractivity contribution in [2.45, 2.75) is 20.4 Å². The fourth-order valence-electron chi connectivity index (χ4n) is 0.533. The van der Waals surface area contributed by atoms with Crippen LogP contribution in [0.4, 0.5) is 0 Å². The van der Waals surface area contributed by atoms with Crippen LogP contribution in [0.2, 0.25) is 6.55 Å². The fraction of sp³-hybridized carbons (Fsp3) is 0.625. The molecular weight excluding hydrogens is 188 g/mol. The van der Waals surface area contributed by atoms with Crippen LogP contribution in [0.25, 0.3) is 0 Å². The van der Waals surface area contributed by atoms with Crippen LogP contribution < -0.4 is 0 Å². The molecule has 0 unspecified atom stereocenters. The molecule has 0 aliphatic carbocycles. The van der Waals surface area contributed by atoms with Crippen LogP contribution in [0.15, 0.2) is 11.6 Å². The van der Waals surface area contributed by atoms with E-state index >= 15 is 0 Å². The van der Waals surface area contributed by atoms with Gasteiger partial charge in [0.15, 0.2) is 0 Å². The van der Waals surface area contributed by atoms with E-state index < -0.39 is 8.80 Å². The topological polar surface area (TPSA) is 44.8 Å². The summed E-state index contributed by atoms with van der Waals surface area (Å²) in [6.07, 6.45) is 1.68. The molecule has 5 heteroatoms. The smallest absolute Gasteiger partial charge is 0.470 e. The molecule has 0 atom stereocenters. The molecule has 0 bridgehead atoms. The molecule has 4 nitrogen and oxygen atoms in total. The SMILES string of the molecule is CC=C(C)C(=O)O[Si](C)(OC)OC. The Labute approximate surface area is 79.9 Å². The first-order valence-corrected chi connectivity index (χ1v) is 6.18. The third-order valence-electron chi connectivity index (χ3n) is 1.77. The number of hydrogen-bond donors (Lipinski definition) is 0. The van der Waals surface area contributed by atoms with Gasteiger partial charge in [0.25, 0.3) is 0 Å². The van der Waals surface area contributed by atoms with Crippen molar-refractivity contribution >= 4 is 14.8 Å². The zero-order valence-corrected chi connectivity index (χ0v) is 9.71. The highest BCUT2D eigenvalue weighted by atomic mass is 28.4. The Hall–Kier alpha value is -0.653. The summed E-state index contributed by atoms with van der Waals surface area (Å²) < 4.78 is 15.1. The summed E-state index contributed by atoms with van der Waals surface area (Å²) in [6.45, 7) is 5.12. The summed E-state index contributed by atoms with van der Waals surface area (Å²) in [7, 11) is 0.203. The van der Waals surface area contributed by atoms with E-state index in [1.165, 1.54) is 14.2 Å². The predicted molar refractivity (Wildman–Crippen MR) is 51.2 cm³/mol. The van der Waals surface area contributed by atoms with Crippen LogP contribution in [0.3, 0.4) is 0 Å². The first-order valence-electron chi connectivity index (χ1n) is 3.95. The lowest BCUT2D eigenvalue weighted by Gasteiger charge is -2.21. The molecule has 0 heterocycles. The molecule has 0 radical (unpaired) electrons. The van der Waals surface area contributed by atoms with Gasteiger partial charge in [0.05, 0.1) is 0 Å². The van der Waals surface area contributed by atoms with Crippen molar-refractivity contribution in [1.29, 1.82) is 0 Å². The lowest BCUT2D eigenvalue weighted by molar-refractivity contribution is -0.134. The second-order valence-corrected chi connectivity index (χ2v) is 5.38. The molecule has 0 N–H and O–H groups in total. The van der Waals surface area contributed by atoms with Crippen molar-refractivity contribution in [1.82, 2.24) is 0 Å². The Bertz CT molecular complexity index is 208. The van der Waals surface area contributed by atoms with Crippen molar-refractivity contribution in [2.24, 2.45) is 0 Å². The summed E-state index contributed by atoms with van der Waals surface area (Å²) in [5.41, 5.74) is 0.549. The average Bonchev–Trinajstić information content (AvgIpc) is 2.16. The standard InChI is InChI=1S/C8H16O4Si/c1-6-7(2)8(9)12-13(5,10-3)11-4/h6H,1-5H3. The molecule has 13 heavy (non-hydrogen) atoms. The molecule has 0 saturated heterocycles. The Kier molecular flexibility index (Phi) is 4.90. The molecule has 0 aromatic rings. The van der Waals surface area contributed by atoms with E-state index in [4.69, 9.17) is 13.3 Å². The Morgan fingerprint density at radius 3 is 2.08 bits per heavy atom. The average molecular weight is 204 g/mol. The maximum Gasteiger partial charge on any atom is 0.564 e. The third kappa shape index (κ3) is 3.71. The van der Waals surface area contributed by atoms with E-state index in [0.29, 0.717) is 5.57 Å². The third-order valence-corrected chi connectivity index (χ3v) is 3.81.